The van der Waals surface area contributed by atoms with E-state index in [-0.39, 0.29) is 17.2 Å². The van der Waals surface area contributed by atoms with Crippen LogP contribution in [0.4, 0.5) is 11.4 Å². The summed E-state index contributed by atoms with van der Waals surface area (Å²) in [5.41, 5.74) is 5.60. The Balaban J connectivity index is 1.56. The maximum atomic E-state index is 12.7. The summed E-state index contributed by atoms with van der Waals surface area (Å²) in [5, 5.41) is 2.86. The number of amides is 2. The first-order valence-electron chi connectivity index (χ1n) is 10.4. The molecular weight excluding hydrogens is 404 g/mol. The molecule has 1 heterocycles. The fourth-order valence-corrected chi connectivity index (χ4v) is 4.81. The molecule has 5 heteroatoms. The fraction of sp³-hybridized carbons (Fsp3) is 0.231. The first kappa shape index (κ1) is 21.2. The van der Waals surface area contributed by atoms with Gasteiger partial charge >= 0.3 is 0 Å². The Hall–Kier alpha value is -3.05. The van der Waals surface area contributed by atoms with Crippen LogP contribution < -0.4 is 10.2 Å². The topological polar surface area (TPSA) is 49.4 Å². The van der Waals surface area contributed by atoms with Crippen LogP contribution in [0.15, 0.2) is 72.8 Å². The maximum Gasteiger partial charge on any atom is 0.255 e. The van der Waals surface area contributed by atoms with Crippen molar-refractivity contribution in [3.63, 3.8) is 0 Å². The molecular formula is C26H26N2O2S. The number of nitrogens with zero attached hydrogens (tertiary/aromatic N) is 1. The Bertz CT molecular complexity index is 1090. The number of hydrogen-bond donors (Lipinski definition) is 1. The standard InChI is InChI=1S/C26H26N2O2S/c1-17(2)19-11-13-23(14-12-19)28-24(29)16-31-26(28)21-5-4-6-22(15-21)27-25(30)20-9-7-18(3)8-10-20/h4-15,17,26H,16H2,1-3H3,(H,27,30)/t26-/m1/s1. The summed E-state index contributed by atoms with van der Waals surface area (Å²) in [6.07, 6.45) is 0. The number of nitrogens with one attached hydrogen (secondary N) is 1. The van der Waals surface area contributed by atoms with Crippen LogP contribution in [-0.2, 0) is 4.79 Å². The molecule has 31 heavy (non-hydrogen) atoms. The van der Waals surface area contributed by atoms with Crippen molar-refractivity contribution >= 4 is 35.0 Å². The van der Waals surface area contributed by atoms with Crippen LogP contribution in [0.5, 0.6) is 0 Å². The number of aryl methyl sites for hydroxylation is 1. The minimum atomic E-state index is -0.145. The van der Waals surface area contributed by atoms with E-state index in [9.17, 15) is 9.59 Å². The van der Waals surface area contributed by atoms with Gasteiger partial charge in [-0.15, -0.1) is 11.8 Å². The molecule has 3 aromatic carbocycles. The molecule has 1 N–H and O–H groups in total. The number of thioether (sulfide) groups is 1. The van der Waals surface area contributed by atoms with E-state index in [2.05, 4.69) is 31.3 Å². The van der Waals surface area contributed by atoms with Crippen molar-refractivity contribution in [3.8, 4) is 0 Å². The van der Waals surface area contributed by atoms with Crippen LogP contribution >= 0.6 is 11.8 Å². The summed E-state index contributed by atoms with van der Waals surface area (Å²) in [5.74, 6) is 0.841. The zero-order valence-electron chi connectivity index (χ0n) is 18.0. The lowest BCUT2D eigenvalue weighted by molar-refractivity contribution is -0.115. The molecule has 2 amide bonds. The lowest BCUT2D eigenvalue weighted by Gasteiger charge is -2.25. The molecule has 0 bridgehead atoms. The predicted molar refractivity (Wildman–Crippen MR) is 129 cm³/mol. The summed E-state index contributed by atoms with van der Waals surface area (Å²) in [7, 11) is 0. The van der Waals surface area contributed by atoms with Crippen LogP contribution in [-0.4, -0.2) is 17.6 Å². The minimum Gasteiger partial charge on any atom is -0.322 e. The van der Waals surface area contributed by atoms with E-state index in [1.54, 1.807) is 11.8 Å². The third kappa shape index (κ3) is 4.67. The number of carbonyl (C=O) groups excluding carboxylic acids is 2. The smallest absolute Gasteiger partial charge is 0.255 e. The van der Waals surface area contributed by atoms with E-state index in [1.807, 2.05) is 72.5 Å². The fourth-order valence-electron chi connectivity index (χ4n) is 3.65. The minimum absolute atomic E-state index is 0.0985. The number of hydrogen-bond acceptors (Lipinski definition) is 3. The van der Waals surface area contributed by atoms with Crippen molar-refractivity contribution < 1.29 is 9.59 Å². The largest absolute Gasteiger partial charge is 0.322 e. The van der Waals surface area contributed by atoms with E-state index in [4.69, 9.17) is 0 Å². The van der Waals surface area contributed by atoms with Crippen LogP contribution in [0.2, 0.25) is 0 Å². The number of anilines is 2. The van der Waals surface area contributed by atoms with E-state index in [0.717, 1.165) is 22.5 Å². The summed E-state index contributed by atoms with van der Waals surface area (Å²) in [6.45, 7) is 6.31. The maximum absolute atomic E-state index is 12.7. The van der Waals surface area contributed by atoms with Crippen LogP contribution in [0.1, 0.15) is 52.2 Å². The summed E-state index contributed by atoms with van der Waals surface area (Å²) in [4.78, 5) is 27.1. The summed E-state index contributed by atoms with van der Waals surface area (Å²) >= 11 is 1.61. The van der Waals surface area contributed by atoms with Crippen molar-refractivity contribution in [1.82, 2.24) is 0 Å². The van der Waals surface area contributed by atoms with Gasteiger partial charge in [0.15, 0.2) is 0 Å². The van der Waals surface area contributed by atoms with Gasteiger partial charge in [0, 0.05) is 16.9 Å². The second-order valence-corrected chi connectivity index (χ2v) is 9.19. The molecule has 4 nitrogen and oxygen atoms in total. The lowest BCUT2D eigenvalue weighted by Crippen LogP contribution is -2.27. The van der Waals surface area contributed by atoms with Crippen molar-refractivity contribution in [2.75, 3.05) is 16.0 Å². The van der Waals surface area contributed by atoms with E-state index in [1.165, 1.54) is 5.56 Å². The van der Waals surface area contributed by atoms with Gasteiger partial charge in [-0.05, 0) is 60.4 Å². The average molecular weight is 431 g/mol. The molecule has 0 aromatic heterocycles. The van der Waals surface area contributed by atoms with Crippen molar-refractivity contribution in [2.24, 2.45) is 0 Å². The normalized spacial score (nSPS) is 16.1. The zero-order valence-corrected chi connectivity index (χ0v) is 18.8. The number of rotatable bonds is 5. The molecule has 0 aliphatic carbocycles. The molecule has 1 fully saturated rings. The SMILES string of the molecule is Cc1ccc(C(=O)Nc2cccc([C@H]3SCC(=O)N3c3ccc(C(C)C)cc3)c2)cc1. The highest BCUT2D eigenvalue weighted by Crippen LogP contribution is 2.42. The molecule has 0 unspecified atom stereocenters. The van der Waals surface area contributed by atoms with Gasteiger partial charge in [0.1, 0.15) is 5.37 Å². The van der Waals surface area contributed by atoms with Crippen molar-refractivity contribution in [3.05, 3.63) is 95.1 Å². The van der Waals surface area contributed by atoms with Gasteiger partial charge in [0.25, 0.3) is 5.91 Å². The van der Waals surface area contributed by atoms with Crippen LogP contribution in [0.25, 0.3) is 0 Å². The monoisotopic (exact) mass is 430 g/mol. The molecule has 1 aliphatic rings. The summed E-state index contributed by atoms with van der Waals surface area (Å²) < 4.78 is 0. The third-order valence-electron chi connectivity index (χ3n) is 5.45. The summed E-state index contributed by atoms with van der Waals surface area (Å²) in [6, 6.07) is 23.5. The Morgan fingerprint density at radius 2 is 1.74 bits per heavy atom. The van der Waals surface area contributed by atoms with Gasteiger partial charge in [-0.1, -0.05) is 55.8 Å². The zero-order chi connectivity index (χ0) is 22.0. The lowest BCUT2D eigenvalue weighted by atomic mass is 10.0. The average Bonchev–Trinajstić information content (AvgIpc) is 3.16. The molecule has 3 aromatic rings. The number of carbonyl (C=O) groups is 2. The van der Waals surface area contributed by atoms with Crippen molar-refractivity contribution in [2.45, 2.75) is 32.1 Å². The molecule has 0 radical (unpaired) electrons. The van der Waals surface area contributed by atoms with Crippen LogP contribution in [0, 0.1) is 6.92 Å². The highest BCUT2D eigenvalue weighted by molar-refractivity contribution is 8.00. The predicted octanol–water partition coefficient (Wildman–Crippen LogP) is 6.15. The second kappa shape index (κ2) is 8.98. The highest BCUT2D eigenvalue weighted by atomic mass is 32.2. The highest BCUT2D eigenvalue weighted by Gasteiger charge is 2.34. The molecule has 0 spiro atoms. The Labute approximate surface area is 187 Å². The van der Waals surface area contributed by atoms with E-state index < -0.39 is 0 Å². The van der Waals surface area contributed by atoms with Gasteiger partial charge < -0.3 is 5.32 Å². The van der Waals surface area contributed by atoms with Gasteiger partial charge in [-0.3, -0.25) is 14.5 Å². The van der Waals surface area contributed by atoms with Crippen molar-refractivity contribution in [1.29, 1.82) is 0 Å². The molecule has 1 saturated heterocycles. The Morgan fingerprint density at radius 1 is 1.03 bits per heavy atom. The first-order valence-corrected chi connectivity index (χ1v) is 11.5. The van der Waals surface area contributed by atoms with Gasteiger partial charge in [-0.25, -0.2) is 0 Å². The Kier molecular flexibility index (Phi) is 6.14. The van der Waals surface area contributed by atoms with Crippen LogP contribution in [0.3, 0.4) is 0 Å². The van der Waals surface area contributed by atoms with E-state index >= 15 is 0 Å². The Morgan fingerprint density at radius 3 is 2.42 bits per heavy atom. The quantitative estimate of drug-likeness (QED) is 0.528. The molecule has 4 rings (SSSR count). The number of benzene rings is 3. The van der Waals surface area contributed by atoms with Gasteiger partial charge in [0.2, 0.25) is 5.91 Å². The van der Waals surface area contributed by atoms with E-state index in [0.29, 0.717) is 17.2 Å². The molecule has 1 atom stereocenters. The second-order valence-electron chi connectivity index (χ2n) is 8.12. The third-order valence-corrected chi connectivity index (χ3v) is 6.66. The molecule has 0 saturated carbocycles. The molecule has 1 aliphatic heterocycles. The van der Waals surface area contributed by atoms with Gasteiger partial charge in [0.05, 0.1) is 5.75 Å². The molecule has 158 valence electrons. The van der Waals surface area contributed by atoms with Gasteiger partial charge in [-0.2, -0.15) is 0 Å². The first-order chi connectivity index (χ1) is 14.9.